The molecule has 1 fully saturated rings. The van der Waals surface area contributed by atoms with Crippen molar-refractivity contribution in [2.75, 3.05) is 23.3 Å². The zero-order valence-corrected chi connectivity index (χ0v) is 21.3. The van der Waals surface area contributed by atoms with Crippen LogP contribution in [0.4, 0.5) is 20.4 Å². The number of piperidine rings is 1. The molecular weight excluding hydrogens is 534 g/mol. The first-order chi connectivity index (χ1) is 18.6. The van der Waals surface area contributed by atoms with E-state index < -0.39 is 46.6 Å². The maximum Gasteiger partial charge on any atom is 0.323 e. The number of aliphatic carboxylic acids is 1. The number of benzene rings is 2. The first-order valence-corrected chi connectivity index (χ1v) is 13.4. The highest BCUT2D eigenvalue weighted by Gasteiger charge is 2.31. The van der Waals surface area contributed by atoms with Gasteiger partial charge in [0.1, 0.15) is 11.9 Å². The zero-order chi connectivity index (χ0) is 28.0. The molecule has 1 amide bonds. The predicted molar refractivity (Wildman–Crippen MR) is 138 cm³/mol. The molecule has 1 aromatic heterocycles. The standard InChI is InChI=1S/C25H26F2N6O5S/c26-19-13-16(23(34)30-15-20(24(35)36)32-39(37,38)18-5-2-1-3-6-18)7-8-21(19)33-12-9-17(14-22(33)27)31-25-28-10-4-11-29-25/h1-8,10-11,13,17,20,22,32H,9,12,14-15H2,(H,30,34)(H,35,36)(H,28,29,31)/t17?,20-,22?/m0/s1. The second-order valence-electron chi connectivity index (χ2n) is 8.77. The lowest BCUT2D eigenvalue weighted by Gasteiger charge is -2.37. The number of hydrogen-bond acceptors (Lipinski definition) is 8. The van der Waals surface area contributed by atoms with E-state index in [2.05, 4.69) is 20.6 Å². The summed E-state index contributed by atoms with van der Waals surface area (Å²) >= 11 is 0. The molecule has 2 heterocycles. The van der Waals surface area contributed by atoms with Gasteiger partial charge in [0.05, 0.1) is 10.6 Å². The average molecular weight is 561 g/mol. The number of rotatable bonds is 10. The molecule has 2 unspecified atom stereocenters. The Morgan fingerprint density at radius 1 is 1.10 bits per heavy atom. The van der Waals surface area contributed by atoms with Gasteiger partial charge in [0.15, 0.2) is 6.30 Å². The molecule has 1 aliphatic heterocycles. The van der Waals surface area contributed by atoms with Crippen molar-refractivity contribution < 1.29 is 31.9 Å². The van der Waals surface area contributed by atoms with Crippen molar-refractivity contribution in [2.24, 2.45) is 0 Å². The molecule has 11 nitrogen and oxygen atoms in total. The second kappa shape index (κ2) is 12.1. The Balaban J connectivity index is 1.36. The summed E-state index contributed by atoms with van der Waals surface area (Å²) in [6, 6.07) is 10.4. The van der Waals surface area contributed by atoms with Crippen molar-refractivity contribution >= 4 is 33.5 Å². The van der Waals surface area contributed by atoms with Crippen molar-refractivity contribution in [1.82, 2.24) is 20.0 Å². The highest BCUT2D eigenvalue weighted by molar-refractivity contribution is 7.89. The lowest BCUT2D eigenvalue weighted by atomic mass is 10.0. The van der Waals surface area contributed by atoms with E-state index >= 15 is 0 Å². The molecule has 14 heteroatoms. The maximum atomic E-state index is 15.0. The third-order valence-corrected chi connectivity index (χ3v) is 7.56. The van der Waals surface area contributed by atoms with E-state index in [1.807, 2.05) is 4.72 Å². The molecule has 2 aromatic carbocycles. The first kappa shape index (κ1) is 27.9. The Kier molecular flexibility index (Phi) is 8.66. The second-order valence-corrected chi connectivity index (χ2v) is 10.5. The van der Waals surface area contributed by atoms with Crippen LogP contribution in [0.5, 0.6) is 0 Å². The molecule has 206 valence electrons. The highest BCUT2D eigenvalue weighted by atomic mass is 32.2. The van der Waals surface area contributed by atoms with E-state index in [-0.39, 0.29) is 35.2 Å². The molecule has 3 aromatic rings. The predicted octanol–water partition coefficient (Wildman–Crippen LogP) is 2.15. The number of carboxylic acids is 1. The average Bonchev–Trinajstić information content (AvgIpc) is 2.92. The summed E-state index contributed by atoms with van der Waals surface area (Å²) < 4.78 is 56.8. The van der Waals surface area contributed by atoms with Crippen molar-refractivity contribution in [3.63, 3.8) is 0 Å². The minimum absolute atomic E-state index is 0.0208. The van der Waals surface area contributed by atoms with Crippen molar-refractivity contribution in [1.29, 1.82) is 0 Å². The normalized spacial score (nSPS) is 18.3. The SMILES string of the molecule is O=C(NC[C@H](NS(=O)(=O)c1ccccc1)C(=O)O)c1ccc(N2CCC(Nc3ncccn3)CC2F)c(F)c1. The Bertz CT molecular complexity index is 1410. The fourth-order valence-corrected chi connectivity index (χ4v) is 5.30. The van der Waals surface area contributed by atoms with Crippen LogP contribution < -0.4 is 20.3 Å². The minimum Gasteiger partial charge on any atom is -0.480 e. The number of alkyl halides is 1. The fourth-order valence-electron chi connectivity index (χ4n) is 4.09. The number of amides is 1. The minimum atomic E-state index is -4.16. The van der Waals surface area contributed by atoms with E-state index in [1.165, 1.54) is 41.3 Å². The van der Waals surface area contributed by atoms with Gasteiger partial charge in [-0.2, -0.15) is 4.72 Å². The van der Waals surface area contributed by atoms with Crippen LogP contribution in [0.15, 0.2) is 71.9 Å². The number of carboxylic acid groups (broad SMARTS) is 1. The van der Waals surface area contributed by atoms with Crippen LogP contribution in [-0.2, 0) is 14.8 Å². The van der Waals surface area contributed by atoms with Gasteiger partial charge < -0.3 is 20.6 Å². The van der Waals surface area contributed by atoms with Crippen LogP contribution in [0.1, 0.15) is 23.2 Å². The number of nitrogens with zero attached hydrogens (tertiary/aromatic N) is 3. The summed E-state index contributed by atoms with van der Waals surface area (Å²) in [7, 11) is -4.16. The number of hydrogen-bond donors (Lipinski definition) is 4. The molecule has 0 bridgehead atoms. The zero-order valence-electron chi connectivity index (χ0n) is 20.5. The molecule has 0 saturated carbocycles. The van der Waals surface area contributed by atoms with Gasteiger partial charge in [-0.25, -0.2) is 27.2 Å². The van der Waals surface area contributed by atoms with Gasteiger partial charge in [-0.15, -0.1) is 0 Å². The molecular formula is C25H26F2N6O5S. The van der Waals surface area contributed by atoms with Crippen LogP contribution in [-0.4, -0.2) is 66.8 Å². The van der Waals surface area contributed by atoms with Crippen LogP contribution in [0.3, 0.4) is 0 Å². The molecule has 0 radical (unpaired) electrons. The first-order valence-electron chi connectivity index (χ1n) is 12.0. The molecule has 4 rings (SSSR count). The van der Waals surface area contributed by atoms with Gasteiger partial charge in [0.2, 0.25) is 16.0 Å². The van der Waals surface area contributed by atoms with Crippen LogP contribution in [0, 0.1) is 5.82 Å². The van der Waals surface area contributed by atoms with Crippen molar-refractivity contribution in [2.45, 2.75) is 36.1 Å². The van der Waals surface area contributed by atoms with E-state index in [1.54, 1.807) is 24.5 Å². The van der Waals surface area contributed by atoms with Crippen LogP contribution in [0.25, 0.3) is 0 Å². The summed E-state index contributed by atoms with van der Waals surface area (Å²) in [6.45, 7) is -0.391. The van der Waals surface area contributed by atoms with Gasteiger partial charge >= 0.3 is 5.97 Å². The number of carbonyl (C=O) groups excluding carboxylic acids is 1. The number of nitrogens with one attached hydrogen (secondary N) is 3. The summed E-state index contributed by atoms with van der Waals surface area (Å²) in [6.07, 6.45) is 2.19. The quantitative estimate of drug-likeness (QED) is 0.273. The van der Waals surface area contributed by atoms with E-state index in [4.69, 9.17) is 0 Å². The third-order valence-electron chi connectivity index (χ3n) is 6.07. The number of sulfonamides is 1. The lowest BCUT2D eigenvalue weighted by Crippen LogP contribution is -2.48. The lowest BCUT2D eigenvalue weighted by molar-refractivity contribution is -0.138. The van der Waals surface area contributed by atoms with Crippen LogP contribution in [0.2, 0.25) is 0 Å². The summed E-state index contributed by atoms with van der Waals surface area (Å²) in [5.74, 6) is -2.79. The van der Waals surface area contributed by atoms with Crippen molar-refractivity contribution in [3.8, 4) is 0 Å². The van der Waals surface area contributed by atoms with E-state index in [0.717, 1.165) is 6.07 Å². The van der Waals surface area contributed by atoms with Gasteiger partial charge in [-0.05, 0) is 42.8 Å². The smallest absolute Gasteiger partial charge is 0.323 e. The fraction of sp³-hybridized carbons (Fsp3) is 0.280. The molecule has 39 heavy (non-hydrogen) atoms. The Morgan fingerprint density at radius 2 is 1.82 bits per heavy atom. The Morgan fingerprint density at radius 3 is 2.46 bits per heavy atom. The molecule has 4 N–H and O–H groups in total. The monoisotopic (exact) mass is 560 g/mol. The van der Waals surface area contributed by atoms with Gasteiger partial charge in [0.25, 0.3) is 5.91 Å². The molecule has 0 aliphatic carbocycles. The summed E-state index contributed by atoms with van der Waals surface area (Å²) in [5, 5.41) is 14.8. The third kappa shape index (κ3) is 7.03. The number of anilines is 2. The Labute approximate surface area is 223 Å². The largest absolute Gasteiger partial charge is 0.480 e. The van der Waals surface area contributed by atoms with Crippen LogP contribution >= 0.6 is 0 Å². The number of carbonyl (C=O) groups is 2. The topological polar surface area (TPSA) is 154 Å². The molecule has 1 aliphatic rings. The van der Waals surface area contributed by atoms with E-state index in [9.17, 15) is 31.9 Å². The number of halogens is 2. The summed E-state index contributed by atoms with van der Waals surface area (Å²) in [5.41, 5.74) is -0.160. The maximum absolute atomic E-state index is 15.0. The van der Waals surface area contributed by atoms with Crippen molar-refractivity contribution in [3.05, 3.63) is 78.4 Å². The highest BCUT2D eigenvalue weighted by Crippen LogP contribution is 2.29. The van der Waals surface area contributed by atoms with Gasteiger partial charge in [-0.3, -0.25) is 9.59 Å². The Hall–Kier alpha value is -4.17. The molecule has 3 atom stereocenters. The molecule has 0 spiro atoms. The number of aromatic nitrogens is 2. The summed E-state index contributed by atoms with van der Waals surface area (Å²) in [4.78, 5) is 33.4. The van der Waals surface area contributed by atoms with Gasteiger partial charge in [-0.1, -0.05) is 18.2 Å². The van der Waals surface area contributed by atoms with E-state index in [0.29, 0.717) is 12.4 Å². The molecule has 1 saturated heterocycles. The van der Waals surface area contributed by atoms with Gasteiger partial charge in [0, 0.05) is 43.5 Å².